The molecule has 7 rings (SSSR count). The summed E-state index contributed by atoms with van der Waals surface area (Å²) in [7, 11) is 0. The fourth-order valence-corrected chi connectivity index (χ4v) is 5.23. The van der Waals surface area contributed by atoms with E-state index in [4.69, 9.17) is 0 Å². The second-order valence-corrected chi connectivity index (χ2v) is 8.16. The van der Waals surface area contributed by atoms with Crippen molar-refractivity contribution in [3.63, 3.8) is 0 Å². The third-order valence-corrected chi connectivity index (χ3v) is 6.59. The summed E-state index contributed by atoms with van der Waals surface area (Å²) in [6.45, 7) is 0. The maximum absolute atomic E-state index is 2.32. The summed E-state index contributed by atoms with van der Waals surface area (Å²) < 4.78 is 0. The Morgan fingerprint density at radius 1 is 0.333 bits per heavy atom. The first-order chi connectivity index (χ1) is 14.9. The van der Waals surface area contributed by atoms with Gasteiger partial charge in [-0.1, -0.05) is 103 Å². The molecule has 0 unspecified atom stereocenters. The van der Waals surface area contributed by atoms with Gasteiger partial charge in [-0.3, -0.25) is 0 Å². The summed E-state index contributed by atoms with van der Waals surface area (Å²) in [5.41, 5.74) is 2.58. The monoisotopic (exact) mass is 378 g/mol. The average molecular weight is 378 g/mol. The first-order valence-electron chi connectivity index (χ1n) is 10.5. The van der Waals surface area contributed by atoms with E-state index in [1.165, 1.54) is 65.0 Å². The van der Waals surface area contributed by atoms with Crippen LogP contribution in [0.1, 0.15) is 0 Å². The lowest BCUT2D eigenvalue weighted by Gasteiger charge is -2.17. The predicted molar refractivity (Wildman–Crippen MR) is 131 cm³/mol. The molecule has 0 radical (unpaired) electrons. The first kappa shape index (κ1) is 16.0. The SMILES string of the molecule is c1ccc2cc(-c3ccc4c5ccccc5c5cccc6ccc3c4c65)ccc2c1. The Balaban J connectivity index is 1.68. The summed E-state index contributed by atoms with van der Waals surface area (Å²) in [5, 5.41) is 13.3. The normalized spacial score (nSPS) is 12.0. The molecule has 0 aromatic heterocycles. The third-order valence-electron chi connectivity index (χ3n) is 6.59. The first-order valence-corrected chi connectivity index (χ1v) is 10.5. The molecule has 7 aromatic carbocycles. The maximum atomic E-state index is 2.32. The summed E-state index contributed by atoms with van der Waals surface area (Å²) in [5.74, 6) is 0. The summed E-state index contributed by atoms with van der Waals surface area (Å²) in [6, 6.07) is 40.1. The van der Waals surface area contributed by atoms with E-state index >= 15 is 0 Å². The molecule has 0 heterocycles. The molecule has 0 aliphatic carbocycles. The molecule has 30 heavy (non-hydrogen) atoms. The van der Waals surface area contributed by atoms with E-state index in [-0.39, 0.29) is 0 Å². The van der Waals surface area contributed by atoms with Crippen LogP contribution in [0.3, 0.4) is 0 Å². The molecule has 0 atom stereocenters. The van der Waals surface area contributed by atoms with E-state index in [1.54, 1.807) is 0 Å². The van der Waals surface area contributed by atoms with Crippen molar-refractivity contribution in [1.29, 1.82) is 0 Å². The Bertz CT molecular complexity index is 1740. The van der Waals surface area contributed by atoms with Gasteiger partial charge in [0.1, 0.15) is 0 Å². The van der Waals surface area contributed by atoms with Gasteiger partial charge in [0.15, 0.2) is 0 Å². The minimum absolute atomic E-state index is 1.27. The zero-order chi connectivity index (χ0) is 19.7. The van der Waals surface area contributed by atoms with Crippen LogP contribution in [-0.4, -0.2) is 0 Å². The molecular weight excluding hydrogens is 360 g/mol. The third kappa shape index (κ3) is 2.06. The van der Waals surface area contributed by atoms with Gasteiger partial charge in [-0.2, -0.15) is 0 Å². The Labute approximate surface area is 174 Å². The highest BCUT2D eigenvalue weighted by molar-refractivity contribution is 6.35. The van der Waals surface area contributed by atoms with Gasteiger partial charge in [0, 0.05) is 0 Å². The van der Waals surface area contributed by atoms with Gasteiger partial charge in [-0.25, -0.2) is 0 Å². The topological polar surface area (TPSA) is 0 Å². The summed E-state index contributed by atoms with van der Waals surface area (Å²) >= 11 is 0. The Morgan fingerprint density at radius 2 is 0.967 bits per heavy atom. The van der Waals surface area contributed by atoms with Gasteiger partial charge in [0.05, 0.1) is 0 Å². The van der Waals surface area contributed by atoms with Gasteiger partial charge in [0.2, 0.25) is 0 Å². The van der Waals surface area contributed by atoms with E-state index in [1.807, 2.05) is 0 Å². The standard InChI is InChI=1S/C30H18/c1-2-7-21-18-22(13-12-19(21)6-1)23-16-17-28-25-10-4-3-9-24(25)26-11-5-8-20-14-15-27(23)30(28)29(20)26/h1-18H. The van der Waals surface area contributed by atoms with Gasteiger partial charge in [-0.05, 0) is 71.1 Å². The highest BCUT2D eigenvalue weighted by atomic mass is 14.2. The fraction of sp³-hybridized carbons (Fsp3) is 0. The van der Waals surface area contributed by atoms with Crippen LogP contribution in [0, 0.1) is 0 Å². The van der Waals surface area contributed by atoms with Crippen molar-refractivity contribution in [3.05, 3.63) is 109 Å². The zero-order valence-corrected chi connectivity index (χ0v) is 16.4. The molecule has 7 aromatic rings. The lowest BCUT2D eigenvalue weighted by atomic mass is 9.86. The largest absolute Gasteiger partial charge is 0.0616 e. The van der Waals surface area contributed by atoms with E-state index in [0.29, 0.717) is 0 Å². The zero-order valence-electron chi connectivity index (χ0n) is 16.4. The molecule has 0 nitrogen and oxygen atoms in total. The van der Waals surface area contributed by atoms with Crippen LogP contribution >= 0.6 is 0 Å². The average Bonchev–Trinajstić information content (AvgIpc) is 2.82. The minimum Gasteiger partial charge on any atom is -0.0616 e. The molecule has 0 aliphatic rings. The molecule has 0 saturated heterocycles. The number of rotatable bonds is 1. The second-order valence-electron chi connectivity index (χ2n) is 8.16. The molecule has 0 fully saturated rings. The lowest BCUT2D eigenvalue weighted by molar-refractivity contribution is 1.70. The molecule has 0 bridgehead atoms. The van der Waals surface area contributed by atoms with Gasteiger partial charge in [-0.15, -0.1) is 0 Å². The molecule has 0 saturated carbocycles. The smallest absolute Gasteiger partial charge is 0.00141 e. The molecular formula is C30H18. The second kappa shape index (κ2) is 5.81. The quantitative estimate of drug-likeness (QED) is 0.198. The van der Waals surface area contributed by atoms with Crippen molar-refractivity contribution in [2.75, 3.05) is 0 Å². The minimum atomic E-state index is 1.27. The van der Waals surface area contributed by atoms with Crippen LogP contribution in [-0.2, 0) is 0 Å². The van der Waals surface area contributed by atoms with E-state index < -0.39 is 0 Å². The van der Waals surface area contributed by atoms with E-state index in [0.717, 1.165) is 0 Å². The van der Waals surface area contributed by atoms with Crippen molar-refractivity contribution in [2.45, 2.75) is 0 Å². The van der Waals surface area contributed by atoms with Crippen molar-refractivity contribution in [3.8, 4) is 11.1 Å². The van der Waals surface area contributed by atoms with Crippen LogP contribution in [0.5, 0.6) is 0 Å². The predicted octanol–water partition coefficient (Wildman–Crippen LogP) is 8.56. The summed E-state index contributed by atoms with van der Waals surface area (Å²) in [4.78, 5) is 0. The van der Waals surface area contributed by atoms with Crippen molar-refractivity contribution in [1.82, 2.24) is 0 Å². The number of hydrogen-bond donors (Lipinski definition) is 0. The summed E-state index contributed by atoms with van der Waals surface area (Å²) in [6.07, 6.45) is 0. The molecule has 0 heteroatoms. The molecule has 0 amide bonds. The highest BCUT2D eigenvalue weighted by Crippen LogP contribution is 2.43. The molecule has 0 spiro atoms. The highest BCUT2D eigenvalue weighted by Gasteiger charge is 2.15. The van der Waals surface area contributed by atoms with Crippen LogP contribution in [0.2, 0.25) is 0 Å². The van der Waals surface area contributed by atoms with Crippen molar-refractivity contribution >= 4 is 53.9 Å². The van der Waals surface area contributed by atoms with Crippen LogP contribution < -0.4 is 0 Å². The van der Waals surface area contributed by atoms with Gasteiger partial charge in [0.25, 0.3) is 0 Å². The van der Waals surface area contributed by atoms with Crippen LogP contribution in [0.15, 0.2) is 109 Å². The Morgan fingerprint density at radius 3 is 1.83 bits per heavy atom. The molecule has 0 aliphatic heterocycles. The lowest BCUT2D eigenvalue weighted by Crippen LogP contribution is -1.89. The van der Waals surface area contributed by atoms with Crippen molar-refractivity contribution < 1.29 is 0 Å². The number of hydrogen-bond acceptors (Lipinski definition) is 0. The fourth-order valence-electron chi connectivity index (χ4n) is 5.23. The molecule has 138 valence electrons. The van der Waals surface area contributed by atoms with Gasteiger partial charge < -0.3 is 0 Å². The Kier molecular flexibility index (Phi) is 3.09. The van der Waals surface area contributed by atoms with Gasteiger partial charge >= 0.3 is 0 Å². The van der Waals surface area contributed by atoms with E-state index in [9.17, 15) is 0 Å². The number of fused-ring (bicyclic) bond motifs is 4. The van der Waals surface area contributed by atoms with Crippen LogP contribution in [0.4, 0.5) is 0 Å². The molecule has 0 N–H and O–H groups in total. The Hall–Kier alpha value is -3.90. The van der Waals surface area contributed by atoms with Crippen molar-refractivity contribution in [2.24, 2.45) is 0 Å². The van der Waals surface area contributed by atoms with Crippen LogP contribution in [0.25, 0.3) is 65.0 Å². The number of benzene rings is 7. The van der Waals surface area contributed by atoms with E-state index in [2.05, 4.69) is 109 Å². The maximum Gasteiger partial charge on any atom is -0.00141 e.